The summed E-state index contributed by atoms with van der Waals surface area (Å²) in [6.07, 6.45) is -7.44. The fraction of sp³-hybridized carbons (Fsp3) is 0.211. The maximum Gasteiger partial charge on any atom is 0.416 e. The van der Waals surface area contributed by atoms with Gasteiger partial charge < -0.3 is 5.32 Å². The second-order valence-electron chi connectivity index (χ2n) is 5.92. The summed E-state index contributed by atoms with van der Waals surface area (Å²) in [5.41, 5.74) is -0.682. The Morgan fingerprint density at radius 1 is 0.852 bits per heavy atom. The van der Waals surface area contributed by atoms with Crippen LogP contribution < -0.4 is 5.32 Å². The van der Waals surface area contributed by atoms with E-state index in [0.29, 0.717) is 11.1 Å². The lowest BCUT2D eigenvalue weighted by atomic mass is 10.0. The van der Waals surface area contributed by atoms with Crippen molar-refractivity contribution in [2.45, 2.75) is 18.8 Å². The van der Waals surface area contributed by atoms with Crippen LogP contribution >= 0.6 is 0 Å². The van der Waals surface area contributed by atoms with Crippen LogP contribution in [0.1, 0.15) is 16.7 Å². The van der Waals surface area contributed by atoms with Gasteiger partial charge in [0.15, 0.2) is 0 Å². The zero-order valence-electron chi connectivity index (χ0n) is 13.8. The van der Waals surface area contributed by atoms with Gasteiger partial charge in [0.05, 0.1) is 16.6 Å². The van der Waals surface area contributed by atoms with E-state index in [1.54, 1.807) is 6.07 Å². The molecule has 1 heterocycles. The minimum atomic E-state index is -4.47. The Balaban J connectivity index is 1.79. The molecule has 27 heavy (non-hydrogen) atoms. The molecule has 3 rings (SSSR count). The van der Waals surface area contributed by atoms with Gasteiger partial charge in [-0.05, 0) is 36.2 Å². The van der Waals surface area contributed by atoms with Gasteiger partial charge in [-0.3, -0.25) is 4.98 Å². The largest absolute Gasteiger partial charge is 0.416 e. The van der Waals surface area contributed by atoms with Crippen molar-refractivity contribution in [2.75, 3.05) is 11.9 Å². The first kappa shape index (κ1) is 19.0. The van der Waals surface area contributed by atoms with Crippen LogP contribution in [-0.4, -0.2) is 11.5 Å². The van der Waals surface area contributed by atoms with Crippen LogP contribution in [0, 0.1) is 0 Å². The van der Waals surface area contributed by atoms with Crippen molar-refractivity contribution < 1.29 is 26.3 Å². The molecule has 0 atom stereocenters. The Hall–Kier alpha value is -2.77. The fourth-order valence-electron chi connectivity index (χ4n) is 2.83. The highest BCUT2D eigenvalue weighted by Gasteiger charge is 2.32. The Kier molecular flexibility index (Phi) is 4.99. The highest BCUT2D eigenvalue weighted by atomic mass is 19.4. The summed E-state index contributed by atoms with van der Waals surface area (Å²) in [5, 5.41) is 3.45. The number of benzene rings is 2. The smallest absolute Gasteiger partial charge is 0.384 e. The molecule has 8 heteroatoms. The Morgan fingerprint density at radius 3 is 2.30 bits per heavy atom. The predicted molar refractivity (Wildman–Crippen MR) is 90.4 cm³/mol. The normalized spacial score (nSPS) is 12.4. The van der Waals surface area contributed by atoms with Crippen LogP contribution in [0.4, 0.5) is 32.0 Å². The summed E-state index contributed by atoms with van der Waals surface area (Å²) in [7, 11) is 0. The number of alkyl halides is 6. The van der Waals surface area contributed by atoms with Crippen LogP contribution in [0.5, 0.6) is 0 Å². The summed E-state index contributed by atoms with van der Waals surface area (Å²) >= 11 is 0. The van der Waals surface area contributed by atoms with Gasteiger partial charge in [-0.1, -0.05) is 24.3 Å². The Morgan fingerprint density at radius 2 is 1.59 bits per heavy atom. The molecule has 1 N–H and O–H groups in total. The van der Waals surface area contributed by atoms with E-state index in [0.717, 1.165) is 18.2 Å². The van der Waals surface area contributed by atoms with Gasteiger partial charge in [0.1, 0.15) is 0 Å². The van der Waals surface area contributed by atoms with Gasteiger partial charge in [0.2, 0.25) is 0 Å². The number of rotatable bonds is 4. The van der Waals surface area contributed by atoms with Crippen LogP contribution in [0.25, 0.3) is 10.9 Å². The molecule has 0 unspecified atom stereocenters. The lowest BCUT2D eigenvalue weighted by Crippen LogP contribution is -2.12. The lowest BCUT2D eigenvalue weighted by molar-refractivity contribution is -0.138. The molecule has 142 valence electrons. The van der Waals surface area contributed by atoms with Gasteiger partial charge in [-0.2, -0.15) is 26.3 Å². The Bertz CT molecular complexity index is 947. The second kappa shape index (κ2) is 7.09. The summed E-state index contributed by atoms with van der Waals surface area (Å²) < 4.78 is 77.5. The molecule has 0 bridgehead atoms. The van der Waals surface area contributed by atoms with E-state index in [9.17, 15) is 26.3 Å². The first-order valence-corrected chi connectivity index (χ1v) is 8.01. The van der Waals surface area contributed by atoms with Crippen molar-refractivity contribution >= 4 is 16.6 Å². The zero-order chi connectivity index (χ0) is 19.7. The fourth-order valence-corrected chi connectivity index (χ4v) is 2.83. The number of anilines is 1. The molecule has 0 saturated heterocycles. The third-order valence-corrected chi connectivity index (χ3v) is 4.10. The molecule has 0 amide bonds. The van der Waals surface area contributed by atoms with Crippen LogP contribution in [0.15, 0.2) is 54.7 Å². The van der Waals surface area contributed by atoms with Crippen molar-refractivity contribution in [3.05, 3.63) is 71.4 Å². The van der Waals surface area contributed by atoms with Crippen molar-refractivity contribution in [2.24, 2.45) is 0 Å². The number of pyridine rings is 1. The molecule has 1 aromatic heterocycles. The van der Waals surface area contributed by atoms with E-state index in [4.69, 9.17) is 0 Å². The summed E-state index contributed by atoms with van der Waals surface area (Å²) in [4.78, 5) is 3.94. The van der Waals surface area contributed by atoms with Crippen molar-refractivity contribution in [3.8, 4) is 0 Å². The third-order valence-electron chi connectivity index (χ3n) is 4.10. The molecule has 0 aliphatic heterocycles. The topological polar surface area (TPSA) is 24.9 Å². The molecule has 0 radical (unpaired) electrons. The molecule has 0 spiro atoms. The molecule has 0 aliphatic rings. The molecule has 2 nitrogen and oxygen atoms in total. The van der Waals surface area contributed by atoms with Gasteiger partial charge in [-0.15, -0.1) is 0 Å². The third kappa shape index (κ3) is 4.32. The number of halogens is 6. The Labute approximate surface area is 150 Å². The van der Waals surface area contributed by atoms with Gasteiger partial charge in [-0.25, -0.2) is 0 Å². The molecular weight excluding hydrogens is 370 g/mol. The van der Waals surface area contributed by atoms with Crippen molar-refractivity contribution in [1.29, 1.82) is 0 Å². The monoisotopic (exact) mass is 384 g/mol. The highest BCUT2D eigenvalue weighted by molar-refractivity contribution is 5.91. The maximum absolute atomic E-state index is 13.0. The lowest BCUT2D eigenvalue weighted by Gasteiger charge is -2.14. The van der Waals surface area contributed by atoms with Gasteiger partial charge in [0.25, 0.3) is 0 Å². The molecular formula is C19H14F6N2. The number of hydrogen-bond donors (Lipinski definition) is 1. The maximum atomic E-state index is 13.0. The van der Waals surface area contributed by atoms with E-state index in [1.807, 2.05) is 0 Å². The zero-order valence-corrected chi connectivity index (χ0v) is 13.8. The van der Waals surface area contributed by atoms with Crippen molar-refractivity contribution in [3.63, 3.8) is 0 Å². The van der Waals surface area contributed by atoms with Gasteiger partial charge in [0, 0.05) is 23.8 Å². The molecule has 2 aromatic carbocycles. The number of aromatic nitrogens is 1. The summed E-state index contributed by atoms with van der Waals surface area (Å²) in [6, 6.07) is 10.1. The van der Waals surface area contributed by atoms with Crippen LogP contribution in [-0.2, 0) is 18.8 Å². The van der Waals surface area contributed by atoms with Crippen LogP contribution in [0.3, 0.4) is 0 Å². The molecule has 3 aromatic rings. The first-order chi connectivity index (χ1) is 12.7. The standard InChI is InChI=1S/C19H14F6N2/c20-18(21,22)13-5-6-14-16(8-10-27-17(14)11-13)26-9-7-12-3-1-2-4-15(12)19(23,24)25/h1-6,8,10-11H,7,9H2,(H,26,27). The quantitative estimate of drug-likeness (QED) is 0.564. The molecule has 0 aliphatic carbocycles. The van der Waals surface area contributed by atoms with E-state index in [1.165, 1.54) is 30.5 Å². The number of nitrogens with one attached hydrogen (secondary N) is 1. The minimum Gasteiger partial charge on any atom is -0.384 e. The minimum absolute atomic E-state index is 0.111. The first-order valence-electron chi connectivity index (χ1n) is 8.01. The van der Waals surface area contributed by atoms with Crippen molar-refractivity contribution in [1.82, 2.24) is 4.98 Å². The van der Waals surface area contributed by atoms with E-state index in [2.05, 4.69) is 10.3 Å². The molecule has 0 saturated carbocycles. The SMILES string of the molecule is FC(F)(F)c1ccc2c(NCCc3ccccc3C(F)(F)F)ccnc2c1. The summed E-state index contributed by atoms with van der Waals surface area (Å²) in [5.74, 6) is 0. The van der Waals surface area contributed by atoms with Gasteiger partial charge >= 0.3 is 12.4 Å². The summed E-state index contributed by atoms with van der Waals surface area (Å²) in [6.45, 7) is 0.188. The average Bonchev–Trinajstić information content (AvgIpc) is 2.60. The highest BCUT2D eigenvalue weighted by Crippen LogP contribution is 2.33. The predicted octanol–water partition coefficient (Wildman–Crippen LogP) is 5.93. The van der Waals surface area contributed by atoms with E-state index in [-0.39, 0.29) is 24.0 Å². The van der Waals surface area contributed by atoms with E-state index >= 15 is 0 Å². The second-order valence-corrected chi connectivity index (χ2v) is 5.92. The number of nitrogens with zero attached hydrogens (tertiary/aromatic N) is 1. The van der Waals surface area contributed by atoms with Crippen LogP contribution in [0.2, 0.25) is 0 Å². The van der Waals surface area contributed by atoms with E-state index < -0.39 is 23.5 Å². The number of fused-ring (bicyclic) bond motifs is 1. The number of hydrogen-bond acceptors (Lipinski definition) is 2. The molecule has 0 fully saturated rings. The average molecular weight is 384 g/mol.